The average Bonchev–Trinajstić information content (AvgIpc) is 3.02. The van der Waals surface area contributed by atoms with E-state index in [0.29, 0.717) is 0 Å². The molecule has 4 atom stereocenters. The molecule has 0 spiro atoms. The Morgan fingerprint density at radius 1 is 1.38 bits per heavy atom. The van der Waals surface area contributed by atoms with Crippen molar-refractivity contribution in [3.05, 3.63) is 24.0 Å². The fourth-order valence-corrected chi connectivity index (χ4v) is 3.52. The number of aliphatic imine (C=N–C) groups is 1. The van der Waals surface area contributed by atoms with Gasteiger partial charge in [0.05, 0.1) is 35.6 Å². The number of nitrogens with one attached hydrogen (secondary N) is 2. The van der Waals surface area contributed by atoms with E-state index in [1.807, 2.05) is 6.20 Å². The third-order valence-electron chi connectivity index (χ3n) is 4.75. The molecule has 1 saturated carbocycles. The van der Waals surface area contributed by atoms with Crippen molar-refractivity contribution in [1.29, 1.82) is 0 Å². The van der Waals surface area contributed by atoms with Gasteiger partial charge in [0.15, 0.2) is 0 Å². The zero-order chi connectivity index (χ0) is 15.0. The third kappa shape index (κ3) is 2.40. The number of H-pyrrole nitrogens is 1. The highest BCUT2D eigenvalue weighted by Gasteiger charge is 2.43. The van der Waals surface area contributed by atoms with Gasteiger partial charge in [0.2, 0.25) is 0 Å². The van der Waals surface area contributed by atoms with Gasteiger partial charge in [0.25, 0.3) is 0 Å². The van der Waals surface area contributed by atoms with Gasteiger partial charge in [-0.05, 0) is 18.8 Å². The lowest BCUT2D eigenvalue weighted by atomic mass is 9.94. The molecule has 0 bridgehead atoms. The first-order chi connectivity index (χ1) is 10.1. The maximum atomic E-state index is 10.4. The first-order valence-electron chi connectivity index (χ1n) is 7.69. The first-order valence-corrected chi connectivity index (χ1v) is 7.69. The van der Waals surface area contributed by atoms with Crippen LogP contribution >= 0.6 is 0 Å². The van der Waals surface area contributed by atoms with E-state index in [4.69, 9.17) is 0 Å². The third-order valence-corrected chi connectivity index (χ3v) is 4.75. The van der Waals surface area contributed by atoms with E-state index >= 15 is 0 Å². The minimum absolute atomic E-state index is 0.0649. The van der Waals surface area contributed by atoms with Crippen molar-refractivity contribution in [3.8, 4) is 0 Å². The summed E-state index contributed by atoms with van der Waals surface area (Å²) in [6, 6.07) is 0. The quantitative estimate of drug-likeness (QED) is 0.686. The number of aromatic nitrogens is 1. The van der Waals surface area contributed by atoms with Gasteiger partial charge in [-0.1, -0.05) is 26.3 Å². The second-order valence-electron chi connectivity index (χ2n) is 6.07. The smallest absolute Gasteiger partial charge is 0.0953 e. The number of aliphatic hydroxyl groups excluding tert-OH is 2. The highest BCUT2D eigenvalue weighted by atomic mass is 16.3. The summed E-state index contributed by atoms with van der Waals surface area (Å²) in [6.07, 6.45) is 6.13. The summed E-state index contributed by atoms with van der Waals surface area (Å²) in [6.45, 7) is 6.08. The molecule has 0 unspecified atom stereocenters. The Bertz CT molecular complexity index is 564. The zero-order valence-electron chi connectivity index (χ0n) is 12.3. The van der Waals surface area contributed by atoms with Crippen LogP contribution in [0.2, 0.25) is 0 Å². The number of nitrogens with zero attached hydrogens (tertiary/aromatic N) is 1. The summed E-state index contributed by atoms with van der Waals surface area (Å²) >= 11 is 0. The van der Waals surface area contributed by atoms with Crippen LogP contribution in [0.4, 0.5) is 5.69 Å². The average molecular weight is 289 g/mol. The number of fused-ring (bicyclic) bond motifs is 1. The molecular weight excluding hydrogens is 266 g/mol. The van der Waals surface area contributed by atoms with Crippen LogP contribution < -0.4 is 5.32 Å². The summed E-state index contributed by atoms with van der Waals surface area (Å²) < 4.78 is 0. The topological polar surface area (TPSA) is 80.6 Å². The van der Waals surface area contributed by atoms with Gasteiger partial charge in [-0.25, -0.2) is 4.99 Å². The van der Waals surface area contributed by atoms with E-state index < -0.39 is 12.2 Å². The molecular formula is C16H23N3O2. The van der Waals surface area contributed by atoms with E-state index in [-0.39, 0.29) is 11.8 Å². The molecule has 1 aromatic rings. The van der Waals surface area contributed by atoms with Gasteiger partial charge in [0, 0.05) is 17.7 Å². The molecule has 0 saturated heterocycles. The Hall–Kier alpha value is -1.59. The van der Waals surface area contributed by atoms with Crippen LogP contribution in [0.3, 0.4) is 0 Å². The van der Waals surface area contributed by atoms with Gasteiger partial charge in [-0.2, -0.15) is 0 Å². The van der Waals surface area contributed by atoms with E-state index in [1.165, 1.54) is 0 Å². The predicted octanol–water partition coefficient (Wildman–Crippen LogP) is 2.26. The van der Waals surface area contributed by atoms with Crippen LogP contribution in [0.5, 0.6) is 0 Å². The van der Waals surface area contributed by atoms with Gasteiger partial charge in [-0.3, -0.25) is 0 Å². The Morgan fingerprint density at radius 2 is 2.19 bits per heavy atom. The number of aromatic amines is 1. The van der Waals surface area contributed by atoms with Crippen LogP contribution in [0, 0.1) is 5.92 Å². The van der Waals surface area contributed by atoms with Crippen molar-refractivity contribution in [2.75, 3.05) is 0 Å². The highest BCUT2D eigenvalue weighted by Crippen LogP contribution is 2.45. The summed E-state index contributed by atoms with van der Waals surface area (Å²) in [5.74, 6) is 0.106. The number of rotatable bonds is 4. The normalized spacial score (nSPS) is 31.3. The molecule has 2 aliphatic rings. The van der Waals surface area contributed by atoms with Crippen LogP contribution in [-0.2, 0) is 0 Å². The zero-order valence-corrected chi connectivity index (χ0v) is 12.3. The van der Waals surface area contributed by atoms with E-state index in [9.17, 15) is 10.2 Å². The van der Waals surface area contributed by atoms with Gasteiger partial charge < -0.3 is 20.5 Å². The molecule has 5 nitrogen and oxygen atoms in total. The van der Waals surface area contributed by atoms with Crippen LogP contribution in [0.15, 0.2) is 17.8 Å². The number of hydrogen-bond donors (Lipinski definition) is 4. The predicted molar refractivity (Wildman–Crippen MR) is 83.5 cm³/mol. The van der Waals surface area contributed by atoms with Gasteiger partial charge >= 0.3 is 0 Å². The van der Waals surface area contributed by atoms with E-state index in [2.05, 4.69) is 28.8 Å². The second-order valence-corrected chi connectivity index (χ2v) is 6.07. The lowest BCUT2D eigenvalue weighted by Crippen LogP contribution is -2.27. The van der Waals surface area contributed by atoms with Crippen molar-refractivity contribution in [1.82, 2.24) is 10.3 Å². The standard InChI is InChI=1S/C16H23N3O2/c1-3-4-5-10-6-11(16(21)15(10)20)12-7-17-13-9(2)18-8-19-14(12)13/h7-8,10-11,15-17,20-21H,2-6H2,1H3,(H,18,19)/t10-,11-,15+,16-/m0/s1. The molecule has 3 rings (SSSR count). The second kappa shape index (κ2) is 5.66. The molecule has 21 heavy (non-hydrogen) atoms. The van der Waals surface area contributed by atoms with Crippen LogP contribution in [0.1, 0.15) is 49.8 Å². The fourth-order valence-electron chi connectivity index (χ4n) is 3.52. The summed E-state index contributed by atoms with van der Waals surface area (Å²) in [5.41, 5.74) is 3.47. The monoisotopic (exact) mass is 289 g/mol. The Labute approximate surface area is 124 Å². The Morgan fingerprint density at radius 3 is 2.95 bits per heavy atom. The maximum absolute atomic E-state index is 10.4. The number of hydrogen-bond acceptors (Lipinski definition) is 4. The van der Waals surface area contributed by atoms with Crippen LogP contribution in [0.25, 0.3) is 5.70 Å². The molecule has 4 N–H and O–H groups in total. The minimum Gasteiger partial charge on any atom is -0.390 e. The van der Waals surface area contributed by atoms with Crippen molar-refractivity contribution in [3.63, 3.8) is 0 Å². The molecule has 114 valence electrons. The molecule has 1 fully saturated rings. The fraction of sp³-hybridized carbons (Fsp3) is 0.562. The van der Waals surface area contributed by atoms with Gasteiger partial charge in [0.1, 0.15) is 0 Å². The highest BCUT2D eigenvalue weighted by molar-refractivity contribution is 5.86. The SMILES string of the molecule is C=C1NC=Nc2c([C@@H]3C[C@H](CCCC)[C@@H](O)[C@H]3O)c[nH]c21. The van der Waals surface area contributed by atoms with Crippen molar-refractivity contribution in [2.45, 2.75) is 50.7 Å². The summed E-state index contributed by atoms with van der Waals surface area (Å²) in [4.78, 5) is 7.55. The Kier molecular flexibility index (Phi) is 3.87. The number of aliphatic hydroxyl groups is 2. The van der Waals surface area contributed by atoms with E-state index in [1.54, 1.807) is 6.34 Å². The van der Waals surface area contributed by atoms with Gasteiger partial charge in [-0.15, -0.1) is 0 Å². The van der Waals surface area contributed by atoms with Crippen molar-refractivity contribution in [2.24, 2.45) is 10.9 Å². The first kappa shape index (κ1) is 14.4. The molecule has 1 aliphatic carbocycles. The van der Waals surface area contributed by atoms with Crippen LogP contribution in [-0.4, -0.2) is 33.7 Å². The molecule has 0 radical (unpaired) electrons. The van der Waals surface area contributed by atoms with E-state index in [0.717, 1.165) is 48.3 Å². The minimum atomic E-state index is -0.717. The summed E-state index contributed by atoms with van der Waals surface area (Å²) in [7, 11) is 0. The molecule has 2 heterocycles. The number of unbranched alkanes of at least 4 members (excludes halogenated alkanes) is 1. The molecule has 0 amide bonds. The van der Waals surface area contributed by atoms with Crippen molar-refractivity contribution >= 4 is 17.7 Å². The summed E-state index contributed by atoms with van der Waals surface area (Å²) in [5, 5.41) is 23.7. The molecule has 0 aromatic carbocycles. The largest absolute Gasteiger partial charge is 0.390 e. The molecule has 1 aromatic heterocycles. The van der Waals surface area contributed by atoms with Crippen molar-refractivity contribution < 1.29 is 10.2 Å². The molecule has 5 heteroatoms. The lowest BCUT2D eigenvalue weighted by molar-refractivity contribution is 0.0127. The lowest BCUT2D eigenvalue weighted by Gasteiger charge is -2.18. The Balaban J connectivity index is 1.85. The molecule has 1 aliphatic heterocycles. The maximum Gasteiger partial charge on any atom is 0.0953 e.